The van der Waals surface area contributed by atoms with Crippen molar-refractivity contribution in [3.63, 3.8) is 0 Å². The molecular weight excluding hydrogens is 580 g/mol. The highest BCUT2D eigenvalue weighted by atomic mass is 35.5. The molecule has 1 aromatic heterocycles. The Labute approximate surface area is 263 Å². The van der Waals surface area contributed by atoms with E-state index in [0.717, 1.165) is 17.5 Å². The third kappa shape index (κ3) is 11.8. The first-order valence-corrected chi connectivity index (χ1v) is 15.0. The lowest BCUT2D eigenvalue weighted by Crippen LogP contribution is -2.27. The molecule has 3 aromatic carbocycles. The summed E-state index contributed by atoms with van der Waals surface area (Å²) in [7, 11) is 0. The molecule has 0 radical (unpaired) electrons. The van der Waals surface area contributed by atoms with Crippen molar-refractivity contribution >= 4 is 35.4 Å². The minimum absolute atomic E-state index is 0.160. The van der Waals surface area contributed by atoms with E-state index in [1.165, 1.54) is 5.56 Å². The molecule has 4 rings (SSSR count). The van der Waals surface area contributed by atoms with E-state index in [0.29, 0.717) is 87.6 Å². The lowest BCUT2D eigenvalue weighted by atomic mass is 10.1. The highest BCUT2D eigenvalue weighted by molar-refractivity contribution is 6.30. The van der Waals surface area contributed by atoms with Crippen LogP contribution < -0.4 is 27.0 Å². The number of nitrogens with one attached hydrogen (secondary N) is 4. The predicted octanol–water partition coefficient (Wildman–Crippen LogP) is 4.13. The zero-order chi connectivity index (χ0) is 30.8. The molecule has 0 aliphatic heterocycles. The van der Waals surface area contributed by atoms with Crippen molar-refractivity contribution in [3.05, 3.63) is 106 Å². The number of nitrogens with two attached hydrogens (primary N) is 1. The van der Waals surface area contributed by atoms with Crippen molar-refractivity contribution in [2.75, 3.05) is 62.0 Å². The monoisotopic (exact) mass is 618 g/mol. The van der Waals surface area contributed by atoms with Gasteiger partial charge < -0.3 is 36.5 Å². The van der Waals surface area contributed by atoms with E-state index in [9.17, 15) is 4.79 Å². The Morgan fingerprint density at radius 1 is 0.659 bits per heavy atom. The zero-order valence-electron chi connectivity index (χ0n) is 24.6. The summed E-state index contributed by atoms with van der Waals surface area (Å²) in [4.78, 5) is 26.2. The maximum atomic E-state index is 12.5. The number of nitrogens with zero attached hydrogens (tertiary/aromatic N) is 3. The van der Waals surface area contributed by atoms with Crippen LogP contribution in [0, 0.1) is 0 Å². The van der Waals surface area contributed by atoms with Crippen LogP contribution in [-0.2, 0) is 29.0 Å². The van der Waals surface area contributed by atoms with Crippen molar-refractivity contribution in [3.8, 4) is 0 Å². The normalized spacial score (nSPS) is 10.8. The van der Waals surface area contributed by atoms with Gasteiger partial charge in [-0.2, -0.15) is 15.0 Å². The molecule has 0 saturated heterocycles. The molecule has 0 aliphatic rings. The van der Waals surface area contributed by atoms with E-state index in [4.69, 9.17) is 26.8 Å². The van der Waals surface area contributed by atoms with Gasteiger partial charge >= 0.3 is 0 Å². The van der Waals surface area contributed by atoms with Crippen LogP contribution in [0.2, 0.25) is 5.02 Å². The molecule has 1 heterocycles. The number of aromatic nitrogens is 3. The lowest BCUT2D eigenvalue weighted by molar-refractivity contribution is 0.0511. The minimum Gasteiger partial charge on any atom is -0.378 e. The first-order chi connectivity index (χ1) is 21.6. The van der Waals surface area contributed by atoms with Crippen molar-refractivity contribution in [2.45, 2.75) is 19.5 Å². The van der Waals surface area contributed by atoms with Crippen LogP contribution in [0.15, 0.2) is 78.9 Å². The second-order valence-corrected chi connectivity index (χ2v) is 10.2. The van der Waals surface area contributed by atoms with Crippen molar-refractivity contribution in [1.29, 1.82) is 0 Å². The number of hydrogen-bond donors (Lipinski definition) is 5. The highest BCUT2D eigenvalue weighted by Crippen LogP contribution is 2.15. The van der Waals surface area contributed by atoms with Crippen molar-refractivity contribution in [2.24, 2.45) is 5.73 Å². The number of amides is 1. The number of hydrogen-bond acceptors (Lipinski definition) is 10. The highest BCUT2D eigenvalue weighted by Gasteiger charge is 2.09. The fourth-order valence-corrected chi connectivity index (χ4v) is 4.18. The summed E-state index contributed by atoms with van der Waals surface area (Å²) in [6.07, 6.45) is 0.833. The van der Waals surface area contributed by atoms with Gasteiger partial charge in [-0.1, -0.05) is 66.2 Å². The van der Waals surface area contributed by atoms with Gasteiger partial charge in [-0.05, 0) is 47.4 Å². The van der Waals surface area contributed by atoms with Crippen molar-refractivity contribution in [1.82, 2.24) is 20.3 Å². The van der Waals surface area contributed by atoms with Gasteiger partial charge in [0, 0.05) is 43.3 Å². The second kappa shape index (κ2) is 18.4. The van der Waals surface area contributed by atoms with Gasteiger partial charge in [-0.15, -0.1) is 0 Å². The second-order valence-electron chi connectivity index (χ2n) is 9.77. The van der Waals surface area contributed by atoms with Crippen LogP contribution in [0.4, 0.5) is 17.8 Å². The van der Waals surface area contributed by atoms with Gasteiger partial charge in [-0.25, -0.2) is 0 Å². The lowest BCUT2D eigenvalue weighted by Gasteiger charge is -2.12. The SMILES string of the molecule is NCCOCCOCCNC(=O)c1ccc(CNc2nc(NCCc3ccccc3)nc(NCc3ccc(Cl)cc3)n2)cc1. The number of benzene rings is 3. The van der Waals surface area contributed by atoms with Crippen LogP contribution in [0.25, 0.3) is 0 Å². The predicted molar refractivity (Wildman–Crippen MR) is 174 cm³/mol. The van der Waals surface area contributed by atoms with E-state index in [1.54, 1.807) is 12.1 Å². The van der Waals surface area contributed by atoms with E-state index in [-0.39, 0.29) is 5.91 Å². The number of halogens is 1. The molecule has 44 heavy (non-hydrogen) atoms. The molecule has 4 aromatic rings. The largest absolute Gasteiger partial charge is 0.378 e. The van der Waals surface area contributed by atoms with Gasteiger partial charge in [0.2, 0.25) is 17.8 Å². The molecule has 0 bridgehead atoms. The average Bonchev–Trinajstić information content (AvgIpc) is 3.05. The van der Waals surface area contributed by atoms with E-state index >= 15 is 0 Å². The van der Waals surface area contributed by atoms with Crippen LogP contribution in [-0.4, -0.2) is 66.9 Å². The van der Waals surface area contributed by atoms with Crippen LogP contribution >= 0.6 is 11.6 Å². The van der Waals surface area contributed by atoms with Gasteiger partial charge in [-0.3, -0.25) is 4.79 Å². The van der Waals surface area contributed by atoms with E-state index < -0.39 is 0 Å². The van der Waals surface area contributed by atoms with Gasteiger partial charge in [0.1, 0.15) is 0 Å². The summed E-state index contributed by atoms with van der Waals surface area (Å²) in [5.74, 6) is 1.18. The summed E-state index contributed by atoms with van der Waals surface area (Å²) in [5, 5.41) is 13.4. The zero-order valence-corrected chi connectivity index (χ0v) is 25.4. The Balaban J connectivity index is 1.30. The molecule has 0 saturated carbocycles. The van der Waals surface area contributed by atoms with Crippen LogP contribution in [0.1, 0.15) is 27.0 Å². The summed E-state index contributed by atoms with van der Waals surface area (Å²) in [6.45, 7) is 4.43. The fourth-order valence-electron chi connectivity index (χ4n) is 4.06. The number of carbonyl (C=O) groups is 1. The summed E-state index contributed by atoms with van der Waals surface area (Å²) < 4.78 is 10.7. The van der Waals surface area contributed by atoms with Crippen LogP contribution in [0.3, 0.4) is 0 Å². The van der Waals surface area contributed by atoms with Gasteiger partial charge in [0.15, 0.2) is 0 Å². The maximum absolute atomic E-state index is 12.5. The molecule has 11 nitrogen and oxygen atoms in total. The molecule has 12 heteroatoms. The Bertz CT molecular complexity index is 1410. The first kappa shape index (κ1) is 32.6. The standard InChI is InChI=1S/C32H39ClN8O3/c33-28-12-8-26(9-13-28)23-38-32-40-30(36-16-14-24-4-2-1-3-5-24)39-31(41-32)37-22-25-6-10-27(11-7-25)29(42)35-17-19-44-21-20-43-18-15-34/h1-13H,14-23,34H2,(H,35,42)(H3,36,37,38,39,40,41). The molecule has 0 spiro atoms. The minimum atomic E-state index is -0.160. The molecule has 232 valence electrons. The summed E-state index contributed by atoms with van der Waals surface area (Å²) in [6, 6.07) is 25.2. The maximum Gasteiger partial charge on any atom is 0.251 e. The average molecular weight is 619 g/mol. The number of carbonyl (C=O) groups excluding carboxylic acids is 1. The molecule has 6 N–H and O–H groups in total. The van der Waals surface area contributed by atoms with E-state index in [1.807, 2.05) is 54.6 Å². The number of anilines is 3. The summed E-state index contributed by atoms with van der Waals surface area (Å²) in [5.41, 5.74) is 9.18. The third-order valence-corrected chi connectivity index (χ3v) is 6.62. The first-order valence-electron chi connectivity index (χ1n) is 14.6. The molecule has 1 amide bonds. The summed E-state index contributed by atoms with van der Waals surface area (Å²) >= 11 is 6.02. The third-order valence-electron chi connectivity index (χ3n) is 6.37. The van der Waals surface area contributed by atoms with Crippen molar-refractivity contribution < 1.29 is 14.3 Å². The van der Waals surface area contributed by atoms with Gasteiger partial charge in [0.05, 0.1) is 26.4 Å². The molecular formula is C32H39ClN8O3. The topological polar surface area (TPSA) is 148 Å². The smallest absolute Gasteiger partial charge is 0.251 e. The van der Waals surface area contributed by atoms with Crippen LogP contribution in [0.5, 0.6) is 0 Å². The van der Waals surface area contributed by atoms with Gasteiger partial charge in [0.25, 0.3) is 5.91 Å². The number of rotatable bonds is 19. The Morgan fingerprint density at radius 2 is 1.23 bits per heavy atom. The van der Waals surface area contributed by atoms with E-state index in [2.05, 4.69) is 48.4 Å². The molecule has 0 atom stereocenters. The molecule has 0 fully saturated rings. The Hall–Kier alpha value is -4.29. The number of ether oxygens (including phenoxy) is 2. The fraction of sp³-hybridized carbons (Fsp3) is 0.312. The Kier molecular flexibility index (Phi) is 13.6. The molecule has 0 aliphatic carbocycles. The quantitative estimate of drug-likeness (QED) is 0.0972. The molecule has 0 unspecified atom stereocenters. The Morgan fingerprint density at radius 3 is 1.84 bits per heavy atom.